The minimum absolute atomic E-state index is 0.151. The van der Waals surface area contributed by atoms with Gasteiger partial charge >= 0.3 is 6.03 Å². The molecule has 0 bridgehead atoms. The molecule has 1 aromatic carbocycles. The van der Waals surface area contributed by atoms with E-state index in [1.165, 1.54) is 0 Å². The van der Waals surface area contributed by atoms with Crippen molar-refractivity contribution < 1.29 is 14.3 Å². The standard InChI is InChI=1S/C16H23N3O3/c1-2-22-11-13-5-3-12(4-6-13)9-18-16(21)19-8-7-14(10-19)15(17)20/h3-6,14H,2,7-11H2,1H3,(H2,17,20)(H,18,21)/t14-/m0/s1. The Morgan fingerprint density at radius 2 is 2.00 bits per heavy atom. The van der Waals surface area contributed by atoms with E-state index in [1.54, 1.807) is 4.90 Å². The van der Waals surface area contributed by atoms with E-state index in [4.69, 9.17) is 10.5 Å². The molecule has 0 aromatic heterocycles. The minimum Gasteiger partial charge on any atom is -0.377 e. The lowest BCUT2D eigenvalue weighted by atomic mass is 10.1. The van der Waals surface area contributed by atoms with Gasteiger partial charge in [-0.05, 0) is 24.5 Å². The van der Waals surface area contributed by atoms with Crippen LogP contribution in [0.4, 0.5) is 4.79 Å². The van der Waals surface area contributed by atoms with Crippen molar-refractivity contribution in [1.82, 2.24) is 10.2 Å². The molecule has 3 amide bonds. The van der Waals surface area contributed by atoms with Crippen LogP contribution in [0.25, 0.3) is 0 Å². The van der Waals surface area contributed by atoms with Crippen LogP contribution in [0.1, 0.15) is 24.5 Å². The smallest absolute Gasteiger partial charge is 0.317 e. The zero-order valence-corrected chi connectivity index (χ0v) is 12.9. The first-order valence-corrected chi connectivity index (χ1v) is 7.57. The maximum atomic E-state index is 12.0. The lowest BCUT2D eigenvalue weighted by Gasteiger charge is -2.17. The quantitative estimate of drug-likeness (QED) is 0.829. The normalized spacial score (nSPS) is 17.5. The second kappa shape index (κ2) is 7.79. The topological polar surface area (TPSA) is 84.7 Å². The number of carbonyl (C=O) groups excluding carboxylic acids is 2. The molecule has 2 rings (SSSR count). The SMILES string of the molecule is CCOCc1ccc(CNC(=O)N2CC[C@H](C(N)=O)C2)cc1. The van der Waals surface area contributed by atoms with E-state index in [2.05, 4.69) is 5.32 Å². The molecule has 1 fully saturated rings. The van der Waals surface area contributed by atoms with Gasteiger partial charge in [-0.15, -0.1) is 0 Å². The Kier molecular flexibility index (Phi) is 5.77. The van der Waals surface area contributed by atoms with Crippen molar-refractivity contribution in [3.63, 3.8) is 0 Å². The van der Waals surface area contributed by atoms with Gasteiger partial charge in [0.05, 0.1) is 12.5 Å². The van der Waals surface area contributed by atoms with Gasteiger partial charge in [0, 0.05) is 26.2 Å². The molecule has 0 aliphatic carbocycles. The maximum Gasteiger partial charge on any atom is 0.317 e. The van der Waals surface area contributed by atoms with Crippen molar-refractivity contribution in [2.75, 3.05) is 19.7 Å². The van der Waals surface area contributed by atoms with E-state index in [1.807, 2.05) is 31.2 Å². The summed E-state index contributed by atoms with van der Waals surface area (Å²) in [6, 6.07) is 7.80. The van der Waals surface area contributed by atoms with E-state index < -0.39 is 0 Å². The largest absolute Gasteiger partial charge is 0.377 e. The summed E-state index contributed by atoms with van der Waals surface area (Å²) in [5.41, 5.74) is 7.41. The Hall–Kier alpha value is -2.08. The fraction of sp³-hybridized carbons (Fsp3) is 0.500. The number of nitrogens with zero attached hydrogens (tertiary/aromatic N) is 1. The molecule has 1 aromatic rings. The number of amides is 3. The van der Waals surface area contributed by atoms with Crippen LogP contribution in [-0.2, 0) is 22.7 Å². The van der Waals surface area contributed by atoms with Crippen LogP contribution in [0.5, 0.6) is 0 Å². The Labute approximate surface area is 130 Å². The van der Waals surface area contributed by atoms with Gasteiger partial charge in [0.25, 0.3) is 0 Å². The molecule has 0 saturated carbocycles. The summed E-state index contributed by atoms with van der Waals surface area (Å²) in [6.07, 6.45) is 0.648. The fourth-order valence-corrected chi connectivity index (χ4v) is 2.44. The fourth-order valence-electron chi connectivity index (χ4n) is 2.44. The number of ether oxygens (including phenoxy) is 1. The lowest BCUT2D eigenvalue weighted by molar-refractivity contribution is -0.121. The summed E-state index contributed by atoms with van der Waals surface area (Å²) in [4.78, 5) is 24.8. The van der Waals surface area contributed by atoms with Gasteiger partial charge < -0.3 is 20.7 Å². The molecule has 6 nitrogen and oxygen atoms in total. The molecule has 22 heavy (non-hydrogen) atoms. The van der Waals surface area contributed by atoms with Crippen LogP contribution >= 0.6 is 0 Å². The summed E-state index contributed by atoms with van der Waals surface area (Å²) in [5.74, 6) is -0.552. The van der Waals surface area contributed by atoms with Gasteiger partial charge in [-0.25, -0.2) is 4.79 Å². The average Bonchev–Trinajstić information content (AvgIpc) is 3.02. The number of carbonyl (C=O) groups is 2. The molecule has 1 heterocycles. The Morgan fingerprint density at radius 1 is 1.32 bits per heavy atom. The number of hydrogen-bond acceptors (Lipinski definition) is 3. The molecule has 1 aliphatic rings. The number of benzene rings is 1. The highest BCUT2D eigenvalue weighted by Gasteiger charge is 2.29. The summed E-state index contributed by atoms with van der Waals surface area (Å²) in [6.45, 7) is 4.71. The summed E-state index contributed by atoms with van der Waals surface area (Å²) in [7, 11) is 0. The monoisotopic (exact) mass is 305 g/mol. The molecule has 0 unspecified atom stereocenters. The second-order valence-corrected chi connectivity index (χ2v) is 5.45. The number of nitrogens with two attached hydrogens (primary N) is 1. The first kappa shape index (κ1) is 16.3. The van der Waals surface area contributed by atoms with E-state index in [9.17, 15) is 9.59 Å². The van der Waals surface area contributed by atoms with Crippen molar-refractivity contribution in [1.29, 1.82) is 0 Å². The number of rotatable bonds is 6. The third-order valence-corrected chi connectivity index (χ3v) is 3.82. The van der Waals surface area contributed by atoms with E-state index in [-0.39, 0.29) is 17.9 Å². The van der Waals surface area contributed by atoms with Gasteiger partial charge in [-0.1, -0.05) is 24.3 Å². The average molecular weight is 305 g/mol. The summed E-state index contributed by atoms with van der Waals surface area (Å²) in [5, 5.41) is 2.87. The van der Waals surface area contributed by atoms with Gasteiger partial charge in [-0.3, -0.25) is 4.79 Å². The predicted molar refractivity (Wildman–Crippen MR) is 82.9 cm³/mol. The maximum absolute atomic E-state index is 12.0. The first-order valence-electron chi connectivity index (χ1n) is 7.57. The van der Waals surface area contributed by atoms with Gasteiger partial charge in [0.1, 0.15) is 0 Å². The third-order valence-electron chi connectivity index (χ3n) is 3.82. The van der Waals surface area contributed by atoms with Crippen molar-refractivity contribution in [3.05, 3.63) is 35.4 Å². The number of urea groups is 1. The van der Waals surface area contributed by atoms with E-state index in [0.717, 1.165) is 11.1 Å². The third kappa shape index (κ3) is 4.46. The minimum atomic E-state index is -0.333. The zero-order valence-electron chi connectivity index (χ0n) is 12.9. The van der Waals surface area contributed by atoms with Crippen molar-refractivity contribution in [2.24, 2.45) is 11.7 Å². The molecule has 3 N–H and O–H groups in total. The first-order chi connectivity index (χ1) is 10.6. The van der Waals surface area contributed by atoms with Gasteiger partial charge in [0.2, 0.25) is 5.91 Å². The van der Waals surface area contributed by atoms with E-state index >= 15 is 0 Å². The molecule has 0 radical (unpaired) electrons. The Balaban J connectivity index is 1.78. The van der Waals surface area contributed by atoms with Crippen LogP contribution in [0, 0.1) is 5.92 Å². The van der Waals surface area contributed by atoms with Gasteiger partial charge in [-0.2, -0.15) is 0 Å². The molecule has 1 aliphatic heterocycles. The van der Waals surface area contributed by atoms with Crippen molar-refractivity contribution in [2.45, 2.75) is 26.5 Å². The molecule has 1 atom stereocenters. The van der Waals surface area contributed by atoms with Crippen LogP contribution in [0.15, 0.2) is 24.3 Å². The van der Waals surface area contributed by atoms with Crippen LogP contribution in [0.3, 0.4) is 0 Å². The number of likely N-dealkylation sites (tertiary alicyclic amines) is 1. The van der Waals surface area contributed by atoms with Crippen LogP contribution in [0.2, 0.25) is 0 Å². The summed E-state index contributed by atoms with van der Waals surface area (Å²) >= 11 is 0. The Bertz CT molecular complexity index is 516. The highest BCUT2D eigenvalue weighted by Crippen LogP contribution is 2.15. The molecule has 1 saturated heterocycles. The van der Waals surface area contributed by atoms with Gasteiger partial charge in [0.15, 0.2) is 0 Å². The highest BCUT2D eigenvalue weighted by atomic mass is 16.5. The number of primary amides is 1. The molecular weight excluding hydrogens is 282 g/mol. The summed E-state index contributed by atoms with van der Waals surface area (Å²) < 4.78 is 5.34. The molecule has 120 valence electrons. The molecular formula is C16H23N3O3. The van der Waals surface area contributed by atoms with Crippen molar-refractivity contribution in [3.8, 4) is 0 Å². The van der Waals surface area contributed by atoms with Crippen LogP contribution in [-0.4, -0.2) is 36.5 Å². The second-order valence-electron chi connectivity index (χ2n) is 5.45. The lowest BCUT2D eigenvalue weighted by Crippen LogP contribution is -2.39. The van der Waals surface area contributed by atoms with Crippen LogP contribution < -0.4 is 11.1 Å². The Morgan fingerprint density at radius 3 is 2.59 bits per heavy atom. The predicted octanol–water partition coefficient (Wildman–Crippen LogP) is 1.24. The molecule has 0 spiro atoms. The zero-order chi connectivity index (χ0) is 15.9. The molecule has 6 heteroatoms. The number of hydrogen-bond donors (Lipinski definition) is 2. The number of nitrogens with one attached hydrogen (secondary N) is 1. The van der Waals surface area contributed by atoms with E-state index in [0.29, 0.717) is 39.3 Å². The highest BCUT2D eigenvalue weighted by molar-refractivity contribution is 5.80. The van der Waals surface area contributed by atoms with Crippen molar-refractivity contribution >= 4 is 11.9 Å².